The van der Waals surface area contributed by atoms with Gasteiger partial charge in [0.25, 0.3) is 0 Å². The number of halogens is 7. The molecule has 0 spiro atoms. The zero-order chi connectivity index (χ0) is 46.6. The Morgan fingerprint density at radius 3 is 1.31 bits per heavy atom. The number of rotatable bonds is 5. The number of alkyl halides is 6. The summed E-state index contributed by atoms with van der Waals surface area (Å²) in [6.07, 6.45) is -8.95. The van der Waals surface area contributed by atoms with Crippen LogP contribution >= 0.6 is 29.3 Å². The fraction of sp³-hybridized carbons (Fsp3) is 0.381. The van der Waals surface area contributed by atoms with Crippen LogP contribution < -0.4 is 25.1 Å². The maximum absolute atomic E-state index is 12.9. The number of fused-ring (bicyclic) bond motifs is 2. The van der Waals surface area contributed by atoms with Gasteiger partial charge in [0, 0.05) is 82.5 Å². The maximum atomic E-state index is 12.9. The van der Waals surface area contributed by atoms with Crippen molar-refractivity contribution in [2.75, 3.05) is 72.0 Å². The van der Waals surface area contributed by atoms with Crippen LogP contribution in [0, 0.1) is 0 Å². The molecule has 3 fully saturated rings. The van der Waals surface area contributed by atoms with Gasteiger partial charge in [0.1, 0.15) is 0 Å². The largest absolute Gasteiger partial charge is 0.494 e. The molecule has 3 aliphatic heterocycles. The monoisotopic (exact) mass is 936 g/mol. The number of aromatic amines is 2. The molecule has 61 heavy (non-hydrogen) atoms. The molecule has 0 amide bonds. The number of aromatic nitrogens is 4. The molecule has 19 heteroatoms. The minimum absolute atomic E-state index is 0.316. The Labute approximate surface area is 369 Å². The van der Waals surface area contributed by atoms with Crippen molar-refractivity contribution in [3.8, 4) is 0 Å². The minimum Gasteiger partial charge on any atom is -0.399 e. The molecule has 4 aromatic carbocycles. The summed E-state index contributed by atoms with van der Waals surface area (Å²) in [5, 5.41) is 0. The highest BCUT2D eigenvalue weighted by atomic mass is 79.9. The van der Waals surface area contributed by atoms with E-state index in [2.05, 4.69) is 93.1 Å². The number of H-pyrrole nitrogens is 2. The number of hydrogen-bond acceptors (Lipinski definition) is 8. The highest BCUT2D eigenvalue weighted by molar-refractivity contribution is 9.10. The van der Waals surface area contributed by atoms with Gasteiger partial charge in [-0.3, -0.25) is 0 Å². The van der Waals surface area contributed by atoms with Crippen LogP contribution in [0.1, 0.15) is 42.3 Å². The molecule has 6 aromatic rings. The van der Waals surface area contributed by atoms with Crippen molar-refractivity contribution in [3.05, 3.63) is 101 Å². The van der Waals surface area contributed by atoms with Crippen molar-refractivity contribution in [2.24, 2.45) is 0 Å². The van der Waals surface area contributed by atoms with E-state index in [1.165, 1.54) is 5.69 Å². The molecule has 0 atom stereocenters. The zero-order valence-corrected chi connectivity index (χ0v) is 36.4. The van der Waals surface area contributed by atoms with Gasteiger partial charge in [0.2, 0.25) is 11.6 Å². The lowest BCUT2D eigenvalue weighted by atomic mass is 9.79. The summed E-state index contributed by atoms with van der Waals surface area (Å²) in [5.41, 5.74) is 5.78. The molecular weight excluding hydrogens is 885 g/mol. The quantitative estimate of drug-likeness (QED) is 0.131. The molecule has 326 valence electrons. The molecule has 3 aliphatic rings. The normalized spacial score (nSPS) is 18.3. The molecule has 2 N–H and O–H groups in total. The van der Waals surface area contributed by atoms with Crippen LogP contribution in [0.3, 0.4) is 0 Å². The lowest BCUT2D eigenvalue weighted by Crippen LogP contribution is -2.46. The number of imidazole rings is 2. The maximum Gasteiger partial charge on any atom is 0.494 e. The first-order chi connectivity index (χ1) is 30.3. The van der Waals surface area contributed by atoms with Gasteiger partial charge in [-0.15, -0.1) is 0 Å². The average molecular weight is 938 g/mol. The molecule has 2 aromatic heterocycles. The van der Waals surface area contributed by atoms with Gasteiger partial charge in [-0.25, -0.2) is 9.97 Å². The molecular formula is C42H48BBrF6N8O2S. The third kappa shape index (κ3) is 9.59. The Kier molecular flexibility index (Phi) is 11.6. The van der Waals surface area contributed by atoms with E-state index in [-0.39, 0.29) is 18.3 Å². The predicted octanol–water partition coefficient (Wildman–Crippen LogP) is 9.24. The predicted molar refractivity (Wildman–Crippen MR) is 240 cm³/mol. The van der Waals surface area contributed by atoms with Crippen LogP contribution in [0.15, 0.2) is 89.4 Å². The van der Waals surface area contributed by atoms with Gasteiger partial charge in [0.15, 0.2) is 0 Å². The smallest absolute Gasteiger partial charge is 0.399 e. The van der Waals surface area contributed by atoms with Crippen LogP contribution in [0.5, 0.6) is 0 Å². The van der Waals surface area contributed by atoms with Gasteiger partial charge in [0.05, 0.1) is 34.4 Å². The number of piperazine rings is 2. The summed E-state index contributed by atoms with van der Waals surface area (Å²) >= 11 is 6.22. The Morgan fingerprint density at radius 1 is 0.623 bits per heavy atom. The molecule has 9 rings (SSSR count). The first-order valence-corrected chi connectivity index (χ1v) is 20.5. The molecule has 0 unspecified atom stereocenters. The summed E-state index contributed by atoms with van der Waals surface area (Å²) in [7, 11) is -0.383. The second-order valence-corrected chi connectivity index (χ2v) is 17.1. The number of hydrogen-bond donors (Lipinski definition) is 2. The van der Waals surface area contributed by atoms with E-state index in [1.54, 1.807) is 24.3 Å². The third-order valence-corrected chi connectivity index (χ3v) is 12.3. The number of nitrogens with one attached hydrogen (secondary N) is 2. The van der Waals surface area contributed by atoms with Gasteiger partial charge < -0.3 is 38.9 Å². The van der Waals surface area contributed by atoms with E-state index in [4.69, 9.17) is 13.4 Å². The van der Waals surface area contributed by atoms with E-state index in [1.807, 2.05) is 64.1 Å². The lowest BCUT2D eigenvalue weighted by molar-refractivity contribution is -0.144. The van der Waals surface area contributed by atoms with E-state index in [9.17, 15) is 26.3 Å². The molecule has 0 bridgehead atoms. The van der Waals surface area contributed by atoms with E-state index >= 15 is 0 Å². The van der Waals surface area contributed by atoms with Crippen molar-refractivity contribution in [1.29, 1.82) is 1.12 Å². The first kappa shape index (κ1) is 41.8. The van der Waals surface area contributed by atoms with Crippen molar-refractivity contribution in [2.45, 2.75) is 51.2 Å². The van der Waals surface area contributed by atoms with E-state index in [0.717, 1.165) is 79.4 Å². The number of benzene rings is 4. The van der Waals surface area contributed by atoms with Crippen LogP contribution in [-0.2, 0) is 21.7 Å². The minimum atomic E-state index is -4.48. The molecule has 0 radical (unpaired) electrons. The Bertz CT molecular complexity index is 2450. The molecule has 10 nitrogen and oxygen atoms in total. The number of nitrogens with zero attached hydrogens (tertiary/aromatic N) is 6. The topological polar surface area (TPSA) is 88.8 Å². The summed E-state index contributed by atoms with van der Waals surface area (Å²) < 4.78 is 106. The summed E-state index contributed by atoms with van der Waals surface area (Å²) in [5.74, 6) is -1.92. The van der Waals surface area contributed by atoms with E-state index in [0.29, 0.717) is 22.1 Å². The fourth-order valence-electron chi connectivity index (χ4n) is 7.58. The first-order valence-electron chi connectivity index (χ1n) is 21.1. The second-order valence-electron chi connectivity index (χ2n) is 16.2. The van der Waals surface area contributed by atoms with Crippen LogP contribution in [-0.4, -0.2) is 91.7 Å². The molecule has 0 saturated carbocycles. The van der Waals surface area contributed by atoms with Gasteiger partial charge in [-0.2, -0.15) is 39.7 Å². The van der Waals surface area contributed by atoms with Crippen LogP contribution in [0.4, 0.5) is 49.1 Å². The van der Waals surface area contributed by atoms with Gasteiger partial charge >= 0.3 is 19.5 Å². The molecule has 0 aliphatic carbocycles. The average Bonchev–Trinajstić information content (AvgIpc) is 3.99. The summed E-state index contributed by atoms with van der Waals surface area (Å²) in [4.78, 5) is 21.0. The molecule has 3 saturated heterocycles. The third-order valence-electron chi connectivity index (χ3n) is 11.7. The highest BCUT2D eigenvalue weighted by Gasteiger charge is 2.51. The Morgan fingerprint density at radius 2 is 0.951 bits per heavy atom. The highest BCUT2D eigenvalue weighted by Crippen LogP contribution is 2.37. The summed E-state index contributed by atoms with van der Waals surface area (Å²) in [6.45, 7) is 14.7. The van der Waals surface area contributed by atoms with Crippen molar-refractivity contribution >= 4 is 86.7 Å². The standard InChI is InChI=1S/C24H28BF3N4O2.C18H16BrF3N4.H2S.H2/c1-22(2)23(3,4)34-25(33-22)16-5-7-17(8-6-16)31-11-13-32(14-12-31)18-9-10-19-20(15-18)30-21(29-19)24(26,27)28;19-12-1-3-13(4-2-12)25-7-9-26(10-8-25)14-5-6-15-16(11-14)24-17(23-15)18(20,21)22;;/h5-10,15H,11-14H2,1-4H3,(H,29,30);1-6,11H,7-10H2,(H,23,24);1H2;1H/i;;;1+2D/hD. The Hall–Kier alpha value is -4.59. The zero-order valence-electron chi connectivity index (χ0n) is 36.9. The van der Waals surface area contributed by atoms with Crippen molar-refractivity contribution in [1.82, 2.24) is 19.9 Å². The SMILES string of the molecule is CC1(C)OB(c2ccc(N3CCN(c4ccc5nc(C(F)(F)F)[nH]c5c4)CC3)cc2)OC1(C)C.FC(F)(F)c1nc2ccc(N3CCN(c4ccc(Br)cc4)CC3)cc2[nH]1.[2H]S.[2H][3H]. The summed E-state index contributed by atoms with van der Waals surface area (Å²) in [6, 6.07) is 26.9. The van der Waals surface area contributed by atoms with Crippen molar-refractivity contribution < 1.29 is 38.6 Å². The Balaban J connectivity index is 0.000000203. The van der Waals surface area contributed by atoms with Crippen molar-refractivity contribution in [3.63, 3.8) is 0 Å². The van der Waals surface area contributed by atoms with E-state index < -0.39 is 24.0 Å². The van der Waals surface area contributed by atoms with Gasteiger partial charge in [-0.05, 0) is 106 Å². The van der Waals surface area contributed by atoms with Crippen LogP contribution in [0.25, 0.3) is 22.1 Å². The van der Waals surface area contributed by atoms with Gasteiger partial charge in [-0.1, -0.05) is 28.1 Å². The molecule has 5 heterocycles. The lowest BCUT2D eigenvalue weighted by Gasteiger charge is -2.37. The second kappa shape index (κ2) is 16.9. The number of anilines is 4. The van der Waals surface area contributed by atoms with Crippen LogP contribution in [0.2, 0.25) is 0 Å². The fourth-order valence-corrected chi connectivity index (χ4v) is 7.84.